The van der Waals surface area contributed by atoms with E-state index in [0.29, 0.717) is 36.8 Å². The Hall–Kier alpha value is -3.65. The average molecular weight is 591 g/mol. The molecule has 42 heavy (non-hydrogen) atoms. The predicted octanol–water partition coefficient (Wildman–Crippen LogP) is 6.02. The summed E-state index contributed by atoms with van der Waals surface area (Å²) in [7, 11) is 0. The third-order valence-electron chi connectivity index (χ3n) is 6.99. The summed E-state index contributed by atoms with van der Waals surface area (Å²) in [6.07, 6.45) is 4.42. The summed E-state index contributed by atoms with van der Waals surface area (Å²) in [5.41, 5.74) is 0.503. The Morgan fingerprint density at radius 1 is 0.690 bits per heavy atom. The fraction of sp³-hybridized carbons (Fsp3) is 0.552. The van der Waals surface area contributed by atoms with Crippen molar-refractivity contribution >= 4 is 17.5 Å². The number of aliphatic hydroxyl groups is 2. The van der Waals surface area contributed by atoms with Gasteiger partial charge in [-0.25, -0.2) is 0 Å². The molecule has 0 saturated carbocycles. The molecule has 0 spiro atoms. The molecule has 0 bridgehead atoms. The van der Waals surface area contributed by atoms with Gasteiger partial charge < -0.3 is 19.9 Å². The lowest BCUT2D eigenvalue weighted by Crippen LogP contribution is -2.37. The van der Waals surface area contributed by atoms with E-state index in [9.17, 15) is 25.0 Å². The maximum absolute atomic E-state index is 13.2. The van der Waals surface area contributed by atoms with E-state index in [0.717, 1.165) is 25.7 Å². The molecule has 0 amide bonds. The highest BCUT2D eigenvalue weighted by Crippen LogP contribution is 2.32. The van der Waals surface area contributed by atoms with Crippen molar-refractivity contribution < 1.29 is 34.5 Å². The molecule has 0 aliphatic heterocycles. The Bertz CT molecular complexity index is 1050. The lowest BCUT2D eigenvalue weighted by Gasteiger charge is -2.30. The molecule has 13 heteroatoms. The second kappa shape index (κ2) is 18.7. The van der Waals surface area contributed by atoms with Gasteiger partial charge in [0.15, 0.2) is 0 Å². The van der Waals surface area contributed by atoms with Gasteiger partial charge in [-0.05, 0) is 39.5 Å². The Balaban J connectivity index is 2.26. The summed E-state index contributed by atoms with van der Waals surface area (Å²) in [5.74, 6) is 0. The number of unbranched alkanes of at least 4 members (excludes halogenated alkanes) is 6. The largest absolute Gasteiger partial charge is 0.547 e. The van der Waals surface area contributed by atoms with E-state index in [-0.39, 0.29) is 37.7 Å². The Kier molecular flexibility index (Phi) is 15.4. The van der Waals surface area contributed by atoms with E-state index < -0.39 is 28.1 Å². The zero-order chi connectivity index (χ0) is 30.9. The number of rotatable bonds is 20. The molecular weight excluding hydrogens is 548 g/mol. The summed E-state index contributed by atoms with van der Waals surface area (Å²) in [4.78, 5) is 46.8. The summed E-state index contributed by atoms with van der Waals surface area (Å²) in [6.45, 7) is 4.05. The van der Waals surface area contributed by atoms with Crippen LogP contribution in [-0.4, -0.2) is 62.6 Å². The van der Waals surface area contributed by atoms with Crippen LogP contribution >= 0.6 is 0 Å². The maximum atomic E-state index is 13.2. The number of nitrogens with zero attached hydrogens (tertiary/aromatic N) is 4. The predicted molar refractivity (Wildman–Crippen MR) is 155 cm³/mol. The first-order chi connectivity index (χ1) is 20.2. The first kappa shape index (κ1) is 34.6. The lowest BCUT2D eigenvalue weighted by molar-refractivity contribution is -0.386. The number of hydrogen-bond acceptors (Lipinski definition) is 11. The molecular formula is C29H42N4O9. The van der Waals surface area contributed by atoms with E-state index in [2.05, 4.69) is 0 Å². The summed E-state index contributed by atoms with van der Waals surface area (Å²) in [6, 6.07) is 11.1. The van der Waals surface area contributed by atoms with E-state index in [1.54, 1.807) is 50.2 Å². The zero-order valence-corrected chi connectivity index (χ0v) is 24.3. The van der Waals surface area contributed by atoms with Crippen molar-refractivity contribution in [3.8, 4) is 0 Å². The number of carbonyl (C=O) groups is 1. The van der Waals surface area contributed by atoms with Crippen LogP contribution in [0.25, 0.3) is 0 Å². The van der Waals surface area contributed by atoms with E-state index in [1.807, 2.05) is 0 Å². The van der Waals surface area contributed by atoms with Crippen molar-refractivity contribution in [1.29, 1.82) is 0 Å². The molecule has 2 N–H and O–H groups in total. The number of hydrogen-bond donors (Lipinski definition) is 2. The minimum Gasteiger partial charge on any atom is -0.396 e. The van der Waals surface area contributed by atoms with Gasteiger partial charge in [-0.3, -0.25) is 20.2 Å². The zero-order valence-electron chi connectivity index (χ0n) is 24.3. The van der Waals surface area contributed by atoms with Crippen molar-refractivity contribution in [3.63, 3.8) is 0 Å². The minimum atomic E-state index is -1.07. The Morgan fingerprint density at radius 3 is 1.40 bits per heavy atom. The standard InChI is InChI=1S/C29H42N4O9/c1-23(25-15-7-9-17-27(25)32(37)38)30(19-11-3-5-13-21-34)41-29(36)42-31(20-12-4-6-14-22-35)24(2)26-16-8-10-18-28(26)33(39)40/h7-10,15-18,23-24,34-35H,3-6,11-14,19-22H2,1-2H3. The molecule has 2 rings (SSSR count). The molecule has 0 aromatic heterocycles. The van der Waals surface area contributed by atoms with Crippen LogP contribution in [0.15, 0.2) is 48.5 Å². The van der Waals surface area contributed by atoms with Crippen LogP contribution < -0.4 is 0 Å². The molecule has 2 atom stereocenters. The second-order valence-corrected chi connectivity index (χ2v) is 9.97. The fourth-order valence-corrected chi connectivity index (χ4v) is 4.64. The normalized spacial score (nSPS) is 12.7. The third kappa shape index (κ3) is 11.0. The molecule has 0 saturated heterocycles. The summed E-state index contributed by atoms with van der Waals surface area (Å²) in [5, 5.41) is 44.1. The van der Waals surface area contributed by atoms with E-state index in [4.69, 9.17) is 19.9 Å². The van der Waals surface area contributed by atoms with Gasteiger partial charge in [0.2, 0.25) is 0 Å². The highest BCUT2D eigenvalue weighted by molar-refractivity contribution is 5.59. The molecule has 232 valence electrons. The molecule has 2 aromatic carbocycles. The summed E-state index contributed by atoms with van der Waals surface area (Å²) >= 11 is 0. The van der Waals surface area contributed by atoms with Gasteiger partial charge in [-0.1, -0.05) is 62.1 Å². The van der Waals surface area contributed by atoms with Crippen LogP contribution in [0.2, 0.25) is 0 Å². The minimum absolute atomic E-state index is 0.0761. The number of carbonyl (C=O) groups excluding carboxylic acids is 1. The van der Waals surface area contributed by atoms with Crippen molar-refractivity contribution in [2.24, 2.45) is 0 Å². The molecule has 0 heterocycles. The highest BCUT2D eigenvalue weighted by Gasteiger charge is 2.30. The van der Waals surface area contributed by atoms with Gasteiger partial charge in [-0.2, -0.15) is 4.79 Å². The van der Waals surface area contributed by atoms with Crippen LogP contribution in [0.5, 0.6) is 0 Å². The van der Waals surface area contributed by atoms with Gasteiger partial charge in [0.05, 0.1) is 33.1 Å². The van der Waals surface area contributed by atoms with Gasteiger partial charge in [0.25, 0.3) is 11.4 Å². The topological polar surface area (TPSA) is 169 Å². The van der Waals surface area contributed by atoms with Gasteiger partial charge in [0, 0.05) is 38.4 Å². The molecule has 0 radical (unpaired) electrons. The highest BCUT2D eigenvalue weighted by atomic mass is 16.9. The average Bonchev–Trinajstić information content (AvgIpc) is 2.98. The van der Waals surface area contributed by atoms with Gasteiger partial charge in [-0.15, -0.1) is 10.1 Å². The van der Waals surface area contributed by atoms with Crippen LogP contribution in [0, 0.1) is 20.2 Å². The van der Waals surface area contributed by atoms with Crippen LogP contribution in [0.4, 0.5) is 16.2 Å². The molecule has 0 fully saturated rings. The fourth-order valence-electron chi connectivity index (χ4n) is 4.64. The van der Waals surface area contributed by atoms with Crippen molar-refractivity contribution in [2.45, 2.75) is 77.3 Å². The van der Waals surface area contributed by atoms with Crippen LogP contribution in [0.1, 0.15) is 88.4 Å². The number of nitro groups is 2. The maximum Gasteiger partial charge on any atom is 0.547 e. The van der Waals surface area contributed by atoms with Gasteiger partial charge >= 0.3 is 6.16 Å². The number of aliphatic hydroxyl groups excluding tert-OH is 2. The van der Waals surface area contributed by atoms with Crippen molar-refractivity contribution in [1.82, 2.24) is 10.1 Å². The first-order valence-electron chi connectivity index (χ1n) is 14.3. The number of nitro benzene ring substituents is 2. The van der Waals surface area contributed by atoms with Crippen molar-refractivity contribution in [2.75, 3.05) is 26.3 Å². The number of hydroxylamine groups is 4. The smallest absolute Gasteiger partial charge is 0.396 e. The van der Waals surface area contributed by atoms with Crippen molar-refractivity contribution in [3.05, 3.63) is 79.9 Å². The molecule has 2 aromatic rings. The monoisotopic (exact) mass is 590 g/mol. The second-order valence-electron chi connectivity index (χ2n) is 9.97. The Labute approximate surface area is 245 Å². The van der Waals surface area contributed by atoms with Gasteiger partial charge in [0.1, 0.15) is 0 Å². The third-order valence-corrected chi connectivity index (χ3v) is 6.99. The SMILES string of the molecule is CC(c1ccccc1[N+](=O)[O-])N(CCCCCCO)OC(=O)ON(CCCCCCO)C(C)c1ccccc1[N+](=O)[O-]. The number of para-hydroxylation sites is 2. The van der Waals surface area contributed by atoms with Crippen LogP contribution in [-0.2, 0) is 9.68 Å². The molecule has 13 nitrogen and oxygen atoms in total. The Morgan fingerprint density at radius 2 is 1.05 bits per heavy atom. The molecule has 2 unspecified atom stereocenters. The van der Waals surface area contributed by atoms with E-state index >= 15 is 0 Å². The molecule has 0 aliphatic rings. The first-order valence-corrected chi connectivity index (χ1v) is 14.3. The number of benzene rings is 2. The summed E-state index contributed by atoms with van der Waals surface area (Å²) < 4.78 is 0. The van der Waals surface area contributed by atoms with E-state index in [1.165, 1.54) is 22.3 Å². The van der Waals surface area contributed by atoms with Crippen LogP contribution in [0.3, 0.4) is 0 Å². The lowest BCUT2D eigenvalue weighted by atomic mass is 10.1. The quantitative estimate of drug-likeness (QED) is 0.105. The molecule has 0 aliphatic carbocycles.